The van der Waals surface area contributed by atoms with E-state index in [1.54, 1.807) is 6.26 Å². The molecule has 0 N–H and O–H groups in total. The van der Waals surface area contributed by atoms with Crippen LogP contribution in [0.3, 0.4) is 0 Å². The van der Waals surface area contributed by atoms with Gasteiger partial charge in [0.2, 0.25) is 0 Å². The van der Waals surface area contributed by atoms with Crippen molar-refractivity contribution in [1.29, 1.82) is 0 Å². The molecule has 2 rings (SSSR count). The number of unbranched alkanes of at least 4 members (excludes halogenated alkanes) is 1. The van der Waals surface area contributed by atoms with Gasteiger partial charge in [0.1, 0.15) is 6.26 Å². The van der Waals surface area contributed by atoms with Crippen LogP contribution in [0.25, 0.3) is 0 Å². The quantitative estimate of drug-likeness (QED) is 0.712. The Hall–Kier alpha value is -0.700. The molecule has 0 amide bonds. The van der Waals surface area contributed by atoms with Crippen LogP contribution < -0.4 is 0 Å². The average Bonchev–Trinajstić information content (AvgIpc) is 2.81. The fraction of sp³-hybridized carbons (Fsp3) is 0.846. The lowest BCUT2D eigenvalue weighted by atomic mass is 9.96. The van der Waals surface area contributed by atoms with Crippen LogP contribution in [-0.4, -0.2) is 42.7 Å². The summed E-state index contributed by atoms with van der Waals surface area (Å²) in [5, 5.41) is 0. The van der Waals surface area contributed by atoms with Crippen molar-refractivity contribution in [2.24, 2.45) is 5.92 Å². The molecule has 16 heavy (non-hydrogen) atoms. The van der Waals surface area contributed by atoms with Crippen LogP contribution in [0.2, 0.25) is 0 Å². The Kier molecular flexibility index (Phi) is 4.52. The van der Waals surface area contributed by atoms with Gasteiger partial charge in [0.25, 0.3) is 0 Å². The highest BCUT2D eigenvalue weighted by Crippen LogP contribution is 2.19. The first-order valence-electron chi connectivity index (χ1n) is 6.63. The maximum absolute atomic E-state index is 5.21. The second-order valence-electron chi connectivity index (χ2n) is 4.99. The highest BCUT2D eigenvalue weighted by Gasteiger charge is 2.20. The molecule has 0 aromatic carbocycles. The third-order valence-corrected chi connectivity index (χ3v) is 3.64. The van der Waals surface area contributed by atoms with E-state index >= 15 is 0 Å². The fourth-order valence-electron chi connectivity index (χ4n) is 2.53. The van der Waals surface area contributed by atoms with E-state index in [0.29, 0.717) is 0 Å². The summed E-state index contributed by atoms with van der Waals surface area (Å²) in [7, 11) is 0. The van der Waals surface area contributed by atoms with Gasteiger partial charge in [0.05, 0.1) is 0 Å². The summed E-state index contributed by atoms with van der Waals surface area (Å²) in [5.41, 5.74) is 0. The van der Waals surface area contributed by atoms with Crippen molar-refractivity contribution in [2.75, 3.05) is 32.9 Å². The van der Waals surface area contributed by atoms with Crippen molar-refractivity contribution in [1.82, 2.24) is 9.80 Å². The van der Waals surface area contributed by atoms with Crippen molar-refractivity contribution in [3.8, 4) is 0 Å². The summed E-state index contributed by atoms with van der Waals surface area (Å²) in [6.45, 7) is 8.10. The lowest BCUT2D eigenvalue weighted by Crippen LogP contribution is -2.37. The normalized spacial score (nSPS) is 22.7. The van der Waals surface area contributed by atoms with Crippen LogP contribution in [0, 0.1) is 5.92 Å². The van der Waals surface area contributed by atoms with Crippen molar-refractivity contribution < 1.29 is 4.74 Å². The molecule has 3 heteroatoms. The predicted octanol–water partition coefficient (Wildman–Crippen LogP) is 2.26. The summed E-state index contributed by atoms with van der Waals surface area (Å²) < 4.78 is 5.21. The van der Waals surface area contributed by atoms with E-state index in [2.05, 4.69) is 22.9 Å². The van der Waals surface area contributed by atoms with Crippen molar-refractivity contribution in [3.05, 3.63) is 12.5 Å². The largest absolute Gasteiger partial charge is 0.479 e. The molecule has 2 aliphatic heterocycles. The number of hydrogen-bond donors (Lipinski definition) is 0. The van der Waals surface area contributed by atoms with Gasteiger partial charge in [-0.3, -0.25) is 0 Å². The lowest BCUT2D eigenvalue weighted by molar-refractivity contribution is 0.123. The molecule has 3 nitrogen and oxygen atoms in total. The maximum Gasteiger partial charge on any atom is 0.160 e. The third-order valence-electron chi connectivity index (χ3n) is 3.64. The summed E-state index contributed by atoms with van der Waals surface area (Å²) in [4.78, 5) is 4.91. The van der Waals surface area contributed by atoms with E-state index in [0.717, 1.165) is 12.6 Å². The molecule has 0 atom stereocenters. The first kappa shape index (κ1) is 11.8. The predicted molar refractivity (Wildman–Crippen MR) is 65.9 cm³/mol. The van der Waals surface area contributed by atoms with Crippen LogP contribution in [0.5, 0.6) is 0 Å². The summed E-state index contributed by atoms with van der Waals surface area (Å²) >= 11 is 0. The van der Waals surface area contributed by atoms with Gasteiger partial charge >= 0.3 is 0 Å². The zero-order valence-corrected chi connectivity index (χ0v) is 10.4. The second kappa shape index (κ2) is 6.14. The first-order valence-corrected chi connectivity index (χ1v) is 6.63. The Morgan fingerprint density at radius 3 is 2.75 bits per heavy atom. The number of ether oxygens (including phenoxy) is 1. The average molecular weight is 224 g/mol. The van der Waals surface area contributed by atoms with E-state index in [-0.39, 0.29) is 0 Å². The van der Waals surface area contributed by atoms with Gasteiger partial charge in [-0.15, -0.1) is 0 Å². The van der Waals surface area contributed by atoms with E-state index in [4.69, 9.17) is 4.74 Å². The summed E-state index contributed by atoms with van der Waals surface area (Å²) in [6.07, 6.45) is 9.26. The highest BCUT2D eigenvalue weighted by atomic mass is 16.5. The molecule has 0 aromatic rings. The molecule has 0 saturated carbocycles. The monoisotopic (exact) mass is 224 g/mol. The molecular formula is C13H24N2O. The lowest BCUT2D eigenvalue weighted by Gasteiger charge is -2.33. The van der Waals surface area contributed by atoms with E-state index < -0.39 is 0 Å². The van der Waals surface area contributed by atoms with Crippen LogP contribution in [0.4, 0.5) is 0 Å². The highest BCUT2D eigenvalue weighted by molar-refractivity contribution is 4.83. The van der Waals surface area contributed by atoms with Gasteiger partial charge in [-0.25, -0.2) is 0 Å². The molecule has 0 radical (unpaired) electrons. The first-order chi connectivity index (χ1) is 7.88. The topological polar surface area (TPSA) is 15.7 Å². The Balaban J connectivity index is 1.62. The number of nitrogens with zero attached hydrogens (tertiary/aromatic N) is 2. The summed E-state index contributed by atoms with van der Waals surface area (Å²) in [6, 6.07) is 0. The SMILES string of the molecule is CCCCN1CCC(CN2C=COC2)CC1. The smallest absolute Gasteiger partial charge is 0.160 e. The van der Waals surface area contributed by atoms with Gasteiger partial charge in [0, 0.05) is 12.7 Å². The van der Waals surface area contributed by atoms with Crippen LogP contribution in [0.1, 0.15) is 32.6 Å². The molecule has 1 fully saturated rings. The van der Waals surface area contributed by atoms with Crippen LogP contribution in [-0.2, 0) is 4.74 Å². The molecule has 2 aliphatic rings. The molecule has 0 aromatic heterocycles. The van der Waals surface area contributed by atoms with Crippen LogP contribution in [0.15, 0.2) is 12.5 Å². The molecule has 0 bridgehead atoms. The van der Waals surface area contributed by atoms with Gasteiger partial charge in [-0.2, -0.15) is 0 Å². The number of rotatable bonds is 5. The van der Waals surface area contributed by atoms with Gasteiger partial charge in [-0.05, 0) is 44.8 Å². The van der Waals surface area contributed by atoms with Crippen LogP contribution >= 0.6 is 0 Å². The van der Waals surface area contributed by atoms with Crippen molar-refractivity contribution in [2.45, 2.75) is 32.6 Å². The maximum atomic E-state index is 5.21. The van der Waals surface area contributed by atoms with Gasteiger partial charge in [-0.1, -0.05) is 13.3 Å². The fourth-order valence-corrected chi connectivity index (χ4v) is 2.53. The molecule has 0 unspecified atom stereocenters. The molecule has 2 heterocycles. The van der Waals surface area contributed by atoms with Gasteiger partial charge in [0.15, 0.2) is 6.73 Å². The third kappa shape index (κ3) is 3.41. The zero-order valence-electron chi connectivity index (χ0n) is 10.4. The number of likely N-dealkylation sites (tertiary alicyclic amines) is 1. The van der Waals surface area contributed by atoms with Crippen molar-refractivity contribution in [3.63, 3.8) is 0 Å². The van der Waals surface area contributed by atoms with Crippen molar-refractivity contribution >= 4 is 0 Å². The Bertz CT molecular complexity index is 222. The minimum Gasteiger partial charge on any atom is -0.479 e. The molecule has 1 saturated heterocycles. The summed E-state index contributed by atoms with van der Waals surface area (Å²) in [5.74, 6) is 0.865. The molecular weight excluding hydrogens is 200 g/mol. The Labute approximate surface area is 99.1 Å². The minimum absolute atomic E-state index is 0.760. The molecule has 0 aliphatic carbocycles. The Morgan fingerprint density at radius 1 is 1.31 bits per heavy atom. The minimum atomic E-state index is 0.760. The van der Waals surface area contributed by atoms with E-state index in [1.165, 1.54) is 51.9 Å². The van der Waals surface area contributed by atoms with Gasteiger partial charge < -0.3 is 14.5 Å². The Morgan fingerprint density at radius 2 is 2.12 bits per heavy atom. The van der Waals surface area contributed by atoms with E-state index in [9.17, 15) is 0 Å². The number of piperidine rings is 1. The zero-order chi connectivity index (χ0) is 11.2. The number of hydrogen-bond acceptors (Lipinski definition) is 3. The standard InChI is InChI=1S/C13H24N2O/c1-2-3-6-14-7-4-13(5-8-14)11-15-9-10-16-12-15/h9-10,13H,2-8,11-12H2,1H3. The molecule has 92 valence electrons. The van der Waals surface area contributed by atoms with E-state index in [1.807, 2.05) is 0 Å². The second-order valence-corrected chi connectivity index (χ2v) is 4.99. The molecule has 0 spiro atoms.